The second-order valence-electron chi connectivity index (χ2n) is 6.91. The summed E-state index contributed by atoms with van der Waals surface area (Å²) in [4.78, 5) is 6.97. The van der Waals surface area contributed by atoms with Crippen LogP contribution in [0.1, 0.15) is 50.1 Å². The monoisotopic (exact) mass is 330 g/mol. The lowest BCUT2D eigenvalue weighted by atomic mass is 9.94. The molecule has 1 fully saturated rings. The quantitative estimate of drug-likeness (QED) is 0.644. The molecule has 0 spiro atoms. The first kappa shape index (κ1) is 17.1. The molecular formula is C19H30N4O. The van der Waals surface area contributed by atoms with E-state index in [1.165, 1.54) is 37.7 Å². The largest absolute Gasteiger partial charge is 0.493 e. The van der Waals surface area contributed by atoms with Crippen LogP contribution in [0.3, 0.4) is 0 Å². The van der Waals surface area contributed by atoms with E-state index < -0.39 is 0 Å². The van der Waals surface area contributed by atoms with E-state index in [0.717, 1.165) is 31.3 Å². The van der Waals surface area contributed by atoms with Gasteiger partial charge < -0.3 is 20.7 Å². The summed E-state index contributed by atoms with van der Waals surface area (Å²) >= 11 is 0. The number of hydrogen-bond donors (Lipinski definition) is 2. The summed E-state index contributed by atoms with van der Waals surface area (Å²) in [6.07, 6.45) is 7.69. The van der Waals surface area contributed by atoms with Gasteiger partial charge in [-0.25, -0.2) is 0 Å². The average molecular weight is 330 g/mol. The number of benzene rings is 1. The molecule has 1 aliphatic heterocycles. The average Bonchev–Trinajstić information content (AvgIpc) is 2.63. The molecule has 0 aromatic heterocycles. The van der Waals surface area contributed by atoms with Crippen LogP contribution < -0.4 is 15.8 Å². The highest BCUT2D eigenvalue weighted by molar-refractivity contribution is 5.78. The van der Waals surface area contributed by atoms with Crippen LogP contribution >= 0.6 is 0 Å². The van der Waals surface area contributed by atoms with Crippen LogP contribution in [0.4, 0.5) is 0 Å². The zero-order chi connectivity index (χ0) is 16.8. The Labute approximate surface area is 145 Å². The molecule has 1 atom stereocenters. The molecular weight excluding hydrogens is 300 g/mol. The van der Waals surface area contributed by atoms with Gasteiger partial charge in [0.1, 0.15) is 5.75 Å². The van der Waals surface area contributed by atoms with Crippen molar-refractivity contribution < 1.29 is 4.74 Å². The molecule has 5 nitrogen and oxygen atoms in total. The predicted octanol–water partition coefficient (Wildman–Crippen LogP) is 2.68. The molecule has 1 aromatic carbocycles. The summed E-state index contributed by atoms with van der Waals surface area (Å²) in [5.41, 5.74) is 7.27. The smallest absolute Gasteiger partial charge is 0.189 e. The number of guanidine groups is 1. The van der Waals surface area contributed by atoms with Crippen molar-refractivity contribution in [3.63, 3.8) is 0 Å². The van der Waals surface area contributed by atoms with Crippen molar-refractivity contribution in [1.29, 1.82) is 0 Å². The van der Waals surface area contributed by atoms with Crippen LogP contribution in [0.15, 0.2) is 29.3 Å². The maximum absolute atomic E-state index is 6.11. The lowest BCUT2D eigenvalue weighted by Crippen LogP contribution is -2.39. The van der Waals surface area contributed by atoms with Gasteiger partial charge in [-0.2, -0.15) is 0 Å². The number of nitrogens with two attached hydrogens (primary N) is 1. The first-order valence-corrected chi connectivity index (χ1v) is 9.22. The van der Waals surface area contributed by atoms with E-state index in [2.05, 4.69) is 28.3 Å². The highest BCUT2D eigenvalue weighted by Crippen LogP contribution is 2.31. The third kappa shape index (κ3) is 4.41. The van der Waals surface area contributed by atoms with Crippen LogP contribution in [-0.4, -0.2) is 43.6 Å². The minimum absolute atomic E-state index is 0.190. The Bertz CT molecular complexity index is 554. The summed E-state index contributed by atoms with van der Waals surface area (Å²) < 4.78 is 5.69. The van der Waals surface area contributed by atoms with Crippen LogP contribution in [0.5, 0.6) is 5.75 Å². The Morgan fingerprint density at radius 1 is 1.25 bits per heavy atom. The minimum atomic E-state index is 0.190. The molecule has 0 radical (unpaired) electrons. The Balaban J connectivity index is 1.48. The lowest BCUT2D eigenvalue weighted by molar-refractivity contribution is 0.196. The van der Waals surface area contributed by atoms with Crippen molar-refractivity contribution in [2.45, 2.75) is 50.6 Å². The van der Waals surface area contributed by atoms with Gasteiger partial charge in [-0.05, 0) is 26.0 Å². The lowest BCUT2D eigenvalue weighted by Gasteiger charge is -2.30. The molecule has 132 valence electrons. The van der Waals surface area contributed by atoms with Gasteiger partial charge in [0.15, 0.2) is 5.96 Å². The number of rotatable bonds is 5. The number of aliphatic imine (C=N–C) groups is 1. The Hall–Kier alpha value is -1.75. The fraction of sp³-hybridized carbons (Fsp3) is 0.632. The fourth-order valence-corrected chi connectivity index (χ4v) is 3.75. The van der Waals surface area contributed by atoms with E-state index >= 15 is 0 Å². The first-order valence-electron chi connectivity index (χ1n) is 9.22. The highest BCUT2D eigenvalue weighted by atomic mass is 16.5. The molecule has 1 aliphatic carbocycles. The fourth-order valence-electron chi connectivity index (χ4n) is 3.75. The van der Waals surface area contributed by atoms with E-state index in [1.807, 2.05) is 18.2 Å². The summed E-state index contributed by atoms with van der Waals surface area (Å²) in [7, 11) is 2.21. The second kappa shape index (κ2) is 8.38. The van der Waals surface area contributed by atoms with Crippen molar-refractivity contribution in [2.75, 3.05) is 26.7 Å². The van der Waals surface area contributed by atoms with Gasteiger partial charge in [0.25, 0.3) is 0 Å². The molecule has 0 bridgehead atoms. The predicted molar refractivity (Wildman–Crippen MR) is 98.4 cm³/mol. The van der Waals surface area contributed by atoms with Crippen LogP contribution in [0, 0.1) is 0 Å². The number of nitrogens with zero attached hydrogens (tertiary/aromatic N) is 2. The van der Waals surface area contributed by atoms with Crippen molar-refractivity contribution >= 4 is 5.96 Å². The summed E-state index contributed by atoms with van der Waals surface area (Å²) in [5, 5.41) is 3.36. The molecule has 5 heteroatoms. The summed E-state index contributed by atoms with van der Waals surface area (Å²) in [6.45, 7) is 2.43. The number of hydrogen-bond acceptors (Lipinski definition) is 3. The minimum Gasteiger partial charge on any atom is -0.493 e. The van der Waals surface area contributed by atoms with Crippen LogP contribution in [0.2, 0.25) is 0 Å². The van der Waals surface area contributed by atoms with E-state index in [4.69, 9.17) is 10.5 Å². The molecule has 0 saturated heterocycles. The zero-order valence-corrected chi connectivity index (χ0v) is 14.7. The van der Waals surface area contributed by atoms with E-state index in [9.17, 15) is 0 Å². The molecule has 1 unspecified atom stereocenters. The van der Waals surface area contributed by atoms with E-state index in [-0.39, 0.29) is 6.04 Å². The molecule has 1 aromatic rings. The van der Waals surface area contributed by atoms with E-state index in [0.29, 0.717) is 12.6 Å². The van der Waals surface area contributed by atoms with Crippen LogP contribution in [-0.2, 0) is 0 Å². The number of nitrogens with one attached hydrogen (secondary N) is 1. The topological polar surface area (TPSA) is 62.9 Å². The van der Waals surface area contributed by atoms with Gasteiger partial charge in [0, 0.05) is 24.6 Å². The van der Waals surface area contributed by atoms with Crippen molar-refractivity contribution in [3.05, 3.63) is 29.8 Å². The van der Waals surface area contributed by atoms with Gasteiger partial charge in [0.2, 0.25) is 0 Å². The third-order valence-corrected chi connectivity index (χ3v) is 5.21. The van der Waals surface area contributed by atoms with Gasteiger partial charge in [-0.3, -0.25) is 4.99 Å². The number of fused-ring (bicyclic) bond motifs is 1. The normalized spacial score (nSPS) is 22.1. The van der Waals surface area contributed by atoms with Gasteiger partial charge in [0.05, 0.1) is 19.2 Å². The molecule has 0 amide bonds. The van der Waals surface area contributed by atoms with Crippen molar-refractivity contribution in [1.82, 2.24) is 10.2 Å². The second-order valence-corrected chi connectivity index (χ2v) is 6.91. The van der Waals surface area contributed by atoms with Crippen molar-refractivity contribution in [3.8, 4) is 5.75 Å². The molecule has 24 heavy (non-hydrogen) atoms. The zero-order valence-electron chi connectivity index (χ0n) is 14.7. The Morgan fingerprint density at radius 2 is 2.04 bits per heavy atom. The van der Waals surface area contributed by atoms with Crippen LogP contribution in [0.25, 0.3) is 0 Å². The maximum Gasteiger partial charge on any atom is 0.189 e. The van der Waals surface area contributed by atoms with Gasteiger partial charge >= 0.3 is 0 Å². The first-order chi connectivity index (χ1) is 11.7. The SMILES string of the molecule is CN(CCN=C(N)NC1CCOc2ccccc21)C1CCCCC1. The standard InChI is InChI=1S/C19H30N4O/c1-23(15-7-3-2-4-8-15)13-12-21-19(20)22-17-11-14-24-18-10-6-5-9-16(17)18/h5-6,9-10,15,17H,2-4,7-8,11-14H2,1H3,(H3,20,21,22). The highest BCUT2D eigenvalue weighted by Gasteiger charge is 2.21. The molecule has 3 N–H and O–H groups in total. The molecule has 1 heterocycles. The summed E-state index contributed by atoms with van der Waals surface area (Å²) in [6, 6.07) is 9.06. The maximum atomic E-state index is 6.11. The number of ether oxygens (including phenoxy) is 1. The molecule has 3 rings (SSSR count). The summed E-state index contributed by atoms with van der Waals surface area (Å²) in [5.74, 6) is 1.49. The van der Waals surface area contributed by atoms with E-state index in [1.54, 1.807) is 0 Å². The Morgan fingerprint density at radius 3 is 2.88 bits per heavy atom. The number of para-hydroxylation sites is 1. The van der Waals surface area contributed by atoms with Gasteiger partial charge in [-0.1, -0.05) is 37.5 Å². The molecule has 2 aliphatic rings. The third-order valence-electron chi connectivity index (χ3n) is 5.21. The van der Waals surface area contributed by atoms with Crippen molar-refractivity contribution in [2.24, 2.45) is 10.7 Å². The number of likely N-dealkylation sites (N-methyl/N-ethyl adjacent to an activating group) is 1. The molecule has 1 saturated carbocycles. The van der Waals surface area contributed by atoms with Gasteiger partial charge in [-0.15, -0.1) is 0 Å². The Kier molecular flexibility index (Phi) is 5.96.